The molecule has 2 fully saturated rings. The lowest BCUT2D eigenvalue weighted by atomic mass is 9.91. The second-order valence-electron chi connectivity index (χ2n) is 8.62. The molecule has 3 atom stereocenters. The van der Waals surface area contributed by atoms with Gasteiger partial charge in [0.2, 0.25) is 0 Å². The largest absolute Gasteiger partial charge is 0.489 e. The molecule has 1 aromatic carbocycles. The van der Waals surface area contributed by atoms with Crippen LogP contribution in [0, 0.1) is 0 Å². The van der Waals surface area contributed by atoms with Gasteiger partial charge in [-0.15, -0.1) is 0 Å². The highest BCUT2D eigenvalue weighted by atomic mass is 16.5. The number of nitrogens with one attached hydrogen (secondary N) is 1. The fourth-order valence-corrected chi connectivity index (χ4v) is 4.55. The van der Waals surface area contributed by atoms with Crippen LogP contribution in [0.25, 0.3) is 11.1 Å². The highest BCUT2D eigenvalue weighted by Crippen LogP contribution is 2.44. The van der Waals surface area contributed by atoms with Crippen molar-refractivity contribution in [2.24, 2.45) is 0 Å². The molecule has 2 aliphatic heterocycles. The van der Waals surface area contributed by atoms with E-state index in [1.54, 1.807) is 0 Å². The van der Waals surface area contributed by atoms with Crippen LogP contribution in [-0.2, 0) is 6.42 Å². The lowest BCUT2D eigenvalue weighted by Gasteiger charge is -2.36. The minimum Gasteiger partial charge on any atom is -0.489 e. The molecule has 2 aromatic rings. The van der Waals surface area contributed by atoms with Crippen LogP contribution in [0.5, 0.6) is 5.75 Å². The van der Waals surface area contributed by atoms with Crippen LogP contribution >= 0.6 is 0 Å². The second kappa shape index (κ2) is 7.06. The Morgan fingerprint density at radius 3 is 2.72 bits per heavy atom. The third kappa shape index (κ3) is 3.08. The van der Waals surface area contributed by atoms with E-state index in [1.807, 2.05) is 29.9 Å². The second-order valence-corrected chi connectivity index (χ2v) is 8.62. The van der Waals surface area contributed by atoms with Crippen molar-refractivity contribution in [2.75, 3.05) is 11.4 Å². The van der Waals surface area contributed by atoms with Crippen LogP contribution in [0.3, 0.4) is 0 Å². The number of carbonyl (C=O) groups is 1. The molecular weight excluding hydrogens is 368 g/mol. The molecule has 1 aliphatic carbocycles. The fourth-order valence-electron chi connectivity index (χ4n) is 4.55. The van der Waals surface area contributed by atoms with E-state index in [9.17, 15) is 9.90 Å². The molecular formula is C22H28N4O3. The summed E-state index contributed by atoms with van der Waals surface area (Å²) in [6, 6.07) is 4.71. The van der Waals surface area contributed by atoms with Crippen molar-refractivity contribution in [2.45, 2.75) is 70.2 Å². The summed E-state index contributed by atoms with van der Waals surface area (Å²) >= 11 is 0. The Hall–Kier alpha value is -2.54. The number of fused-ring (bicyclic) bond motifs is 1. The zero-order valence-electron chi connectivity index (χ0n) is 17.0. The molecule has 1 aromatic heterocycles. The van der Waals surface area contributed by atoms with Gasteiger partial charge in [0.1, 0.15) is 5.75 Å². The van der Waals surface area contributed by atoms with Crippen molar-refractivity contribution < 1.29 is 14.6 Å². The maximum Gasteiger partial charge on any atom is 0.412 e. The number of benzene rings is 1. The number of aromatic nitrogens is 2. The molecule has 3 unspecified atom stereocenters. The molecule has 2 N–H and O–H groups in total. The monoisotopic (exact) mass is 396 g/mol. The Bertz CT molecular complexity index is 936. The number of amides is 1. The van der Waals surface area contributed by atoms with Crippen LogP contribution in [0.2, 0.25) is 0 Å². The van der Waals surface area contributed by atoms with Gasteiger partial charge in [-0.1, -0.05) is 0 Å². The fraction of sp³-hybridized carbons (Fsp3) is 0.545. The number of carboxylic acid groups (broad SMARTS) is 1. The van der Waals surface area contributed by atoms with Gasteiger partial charge in [-0.2, -0.15) is 5.10 Å². The lowest BCUT2D eigenvalue weighted by Crippen LogP contribution is -2.51. The molecule has 154 valence electrons. The Morgan fingerprint density at radius 1 is 1.28 bits per heavy atom. The Balaban J connectivity index is 1.57. The summed E-state index contributed by atoms with van der Waals surface area (Å²) in [5.74, 6) is 0.852. The molecule has 7 nitrogen and oxygen atoms in total. The van der Waals surface area contributed by atoms with Gasteiger partial charge in [0, 0.05) is 41.5 Å². The molecule has 7 heteroatoms. The number of hydrogen-bond donors (Lipinski definition) is 2. The topological polar surface area (TPSA) is 79.6 Å². The molecule has 0 spiro atoms. The predicted molar refractivity (Wildman–Crippen MR) is 111 cm³/mol. The molecule has 5 rings (SSSR count). The van der Waals surface area contributed by atoms with Crippen LogP contribution in [0.4, 0.5) is 10.5 Å². The van der Waals surface area contributed by atoms with Crippen LogP contribution in [0.1, 0.15) is 51.1 Å². The average molecular weight is 396 g/mol. The summed E-state index contributed by atoms with van der Waals surface area (Å²) in [4.78, 5) is 13.4. The van der Waals surface area contributed by atoms with Gasteiger partial charge in [-0.05, 0) is 58.1 Å². The van der Waals surface area contributed by atoms with Crippen LogP contribution in [0.15, 0.2) is 24.5 Å². The first-order chi connectivity index (χ1) is 14.0. The van der Waals surface area contributed by atoms with E-state index in [0.29, 0.717) is 12.1 Å². The first-order valence-corrected chi connectivity index (χ1v) is 10.7. The third-order valence-corrected chi connectivity index (χ3v) is 6.77. The van der Waals surface area contributed by atoms with Crippen molar-refractivity contribution in [3.8, 4) is 16.9 Å². The SMILES string of the molecule is CC1NCC1n1cc(-c2ccc3c(c2OC2CCC2)CCC(C)N3C(=O)O)cn1. The van der Waals surface area contributed by atoms with Gasteiger partial charge < -0.3 is 15.2 Å². The van der Waals surface area contributed by atoms with Crippen LogP contribution < -0.4 is 15.0 Å². The zero-order valence-corrected chi connectivity index (χ0v) is 17.0. The number of nitrogens with zero attached hydrogens (tertiary/aromatic N) is 3. The minimum atomic E-state index is -0.903. The van der Waals surface area contributed by atoms with Gasteiger partial charge >= 0.3 is 6.09 Å². The van der Waals surface area contributed by atoms with E-state index in [4.69, 9.17) is 4.74 Å². The Kier molecular flexibility index (Phi) is 4.50. The zero-order chi connectivity index (χ0) is 20.1. The summed E-state index contributed by atoms with van der Waals surface area (Å²) in [6.07, 6.45) is 8.27. The molecule has 1 saturated carbocycles. The Morgan fingerprint density at radius 2 is 2.10 bits per heavy atom. The maximum absolute atomic E-state index is 11.9. The first-order valence-electron chi connectivity index (χ1n) is 10.7. The summed E-state index contributed by atoms with van der Waals surface area (Å²) in [6.45, 7) is 5.07. The molecule has 0 bridgehead atoms. The van der Waals surface area contributed by atoms with E-state index >= 15 is 0 Å². The normalized spacial score (nSPS) is 26.4. The molecule has 1 saturated heterocycles. The highest BCUT2D eigenvalue weighted by Gasteiger charge is 2.33. The third-order valence-electron chi connectivity index (χ3n) is 6.77. The van der Waals surface area contributed by atoms with E-state index < -0.39 is 6.09 Å². The minimum absolute atomic E-state index is 0.0299. The van der Waals surface area contributed by atoms with Crippen molar-refractivity contribution >= 4 is 11.8 Å². The van der Waals surface area contributed by atoms with E-state index in [-0.39, 0.29) is 12.1 Å². The van der Waals surface area contributed by atoms with Crippen molar-refractivity contribution in [1.29, 1.82) is 0 Å². The predicted octanol–water partition coefficient (Wildman–Crippen LogP) is 3.83. The van der Waals surface area contributed by atoms with E-state index in [1.165, 1.54) is 11.3 Å². The van der Waals surface area contributed by atoms with Crippen molar-refractivity contribution in [1.82, 2.24) is 15.1 Å². The van der Waals surface area contributed by atoms with Gasteiger partial charge in [0.15, 0.2) is 0 Å². The quantitative estimate of drug-likeness (QED) is 0.821. The summed E-state index contributed by atoms with van der Waals surface area (Å²) in [5, 5.41) is 17.7. The maximum atomic E-state index is 11.9. The van der Waals surface area contributed by atoms with E-state index in [2.05, 4.69) is 23.5 Å². The molecule has 0 radical (unpaired) electrons. The van der Waals surface area contributed by atoms with E-state index in [0.717, 1.165) is 60.4 Å². The van der Waals surface area contributed by atoms with Gasteiger partial charge in [0.05, 0.1) is 24.0 Å². The molecule has 3 heterocycles. The van der Waals surface area contributed by atoms with Gasteiger partial charge in [-0.3, -0.25) is 9.58 Å². The summed E-state index contributed by atoms with van der Waals surface area (Å²) in [7, 11) is 0. The van der Waals surface area contributed by atoms with Crippen molar-refractivity contribution in [3.63, 3.8) is 0 Å². The molecule has 3 aliphatic rings. The summed E-state index contributed by atoms with van der Waals surface area (Å²) < 4.78 is 8.50. The lowest BCUT2D eigenvalue weighted by molar-refractivity contribution is 0.119. The smallest absolute Gasteiger partial charge is 0.412 e. The Labute approximate surface area is 170 Å². The molecule has 1 amide bonds. The molecule has 29 heavy (non-hydrogen) atoms. The number of anilines is 1. The van der Waals surface area contributed by atoms with Gasteiger partial charge in [-0.25, -0.2) is 4.79 Å². The average Bonchev–Trinajstić information content (AvgIpc) is 3.11. The standard InChI is InChI=1S/C22H28N4O3/c1-13-6-7-18-19(26(13)22(27)28)9-8-17(21(18)29-16-4-3-5-16)15-10-24-25(12-15)20-11-23-14(20)2/h8-10,12-14,16,20,23H,3-7,11H2,1-2H3,(H,27,28). The number of rotatable bonds is 4. The number of hydrogen-bond acceptors (Lipinski definition) is 4. The number of ether oxygens (including phenoxy) is 1. The summed E-state index contributed by atoms with van der Waals surface area (Å²) in [5.41, 5.74) is 3.82. The first kappa shape index (κ1) is 18.5. The highest BCUT2D eigenvalue weighted by molar-refractivity contribution is 5.91. The van der Waals surface area contributed by atoms with Gasteiger partial charge in [0.25, 0.3) is 0 Å². The van der Waals surface area contributed by atoms with Crippen molar-refractivity contribution in [3.05, 3.63) is 30.1 Å². The van der Waals surface area contributed by atoms with Crippen LogP contribution in [-0.4, -0.2) is 45.7 Å².